The summed E-state index contributed by atoms with van der Waals surface area (Å²) in [5.41, 5.74) is 0.674. The number of hydrogen-bond donors (Lipinski definition) is 1. The first-order valence-electron chi connectivity index (χ1n) is 9.66. The first kappa shape index (κ1) is 23.0. The zero-order valence-corrected chi connectivity index (χ0v) is 18.4. The summed E-state index contributed by atoms with van der Waals surface area (Å²) in [7, 11) is -3.78. The summed E-state index contributed by atoms with van der Waals surface area (Å²) in [6, 6.07) is 8.59. The number of anilines is 1. The van der Waals surface area contributed by atoms with Gasteiger partial charge in [-0.3, -0.25) is 14.9 Å². The highest BCUT2D eigenvalue weighted by Gasteiger charge is 2.28. The Morgan fingerprint density at radius 2 is 1.90 bits per heavy atom. The van der Waals surface area contributed by atoms with E-state index in [4.69, 9.17) is 16.3 Å². The second-order valence-corrected chi connectivity index (χ2v) is 9.49. The van der Waals surface area contributed by atoms with Gasteiger partial charge < -0.3 is 10.1 Å². The third kappa shape index (κ3) is 5.52. The first-order chi connectivity index (χ1) is 14.7. The number of amides is 1. The largest absolute Gasteiger partial charge is 0.477 e. The van der Waals surface area contributed by atoms with Crippen LogP contribution in [0.25, 0.3) is 0 Å². The van der Waals surface area contributed by atoms with Gasteiger partial charge in [-0.2, -0.15) is 4.31 Å². The minimum atomic E-state index is -3.78. The third-order valence-corrected chi connectivity index (χ3v) is 7.20. The number of halogens is 1. The molecule has 0 aromatic heterocycles. The van der Waals surface area contributed by atoms with E-state index in [1.807, 2.05) is 0 Å². The van der Waals surface area contributed by atoms with Gasteiger partial charge in [-0.05, 0) is 49.6 Å². The monoisotopic (exact) mass is 467 g/mol. The van der Waals surface area contributed by atoms with Crippen LogP contribution in [-0.2, 0) is 14.8 Å². The molecule has 1 fully saturated rings. The Kier molecular flexibility index (Phi) is 7.14. The Morgan fingerprint density at radius 3 is 2.58 bits per heavy atom. The van der Waals surface area contributed by atoms with Crippen molar-refractivity contribution in [2.24, 2.45) is 0 Å². The number of carbonyl (C=O) groups excluding carboxylic acids is 1. The van der Waals surface area contributed by atoms with E-state index in [0.29, 0.717) is 18.7 Å². The fourth-order valence-electron chi connectivity index (χ4n) is 3.26. The van der Waals surface area contributed by atoms with Gasteiger partial charge in [-0.15, -0.1) is 0 Å². The molecule has 11 heteroatoms. The molecular weight excluding hydrogens is 446 g/mol. The van der Waals surface area contributed by atoms with E-state index < -0.39 is 27.5 Å². The van der Waals surface area contributed by atoms with Crippen molar-refractivity contribution in [1.29, 1.82) is 0 Å². The minimum absolute atomic E-state index is 0.0322. The molecule has 1 N–H and O–H groups in total. The Labute approximate surface area is 185 Å². The van der Waals surface area contributed by atoms with Gasteiger partial charge >= 0.3 is 5.69 Å². The Bertz CT molecular complexity index is 1100. The highest BCUT2D eigenvalue weighted by atomic mass is 35.5. The van der Waals surface area contributed by atoms with E-state index in [9.17, 15) is 23.3 Å². The fourth-order valence-corrected chi connectivity index (χ4v) is 5.27. The third-order valence-electron chi connectivity index (χ3n) is 4.82. The fraction of sp³-hybridized carbons (Fsp3) is 0.350. The number of hydrogen-bond acceptors (Lipinski definition) is 6. The van der Waals surface area contributed by atoms with Crippen LogP contribution in [0.2, 0.25) is 5.02 Å². The maximum atomic E-state index is 12.9. The molecule has 3 rings (SSSR count). The van der Waals surface area contributed by atoms with E-state index in [1.165, 1.54) is 34.6 Å². The molecule has 1 aliphatic heterocycles. The lowest BCUT2D eigenvalue weighted by Crippen LogP contribution is -2.35. The maximum Gasteiger partial charge on any atom is 0.311 e. The van der Waals surface area contributed by atoms with E-state index in [0.717, 1.165) is 19.3 Å². The smallest absolute Gasteiger partial charge is 0.311 e. The molecule has 0 unspecified atom stereocenters. The molecule has 2 aromatic rings. The summed E-state index contributed by atoms with van der Waals surface area (Å²) in [6.45, 7) is 2.08. The van der Waals surface area contributed by atoms with Crippen LogP contribution in [0.4, 0.5) is 11.4 Å². The van der Waals surface area contributed by atoms with Crippen molar-refractivity contribution in [3.8, 4) is 5.75 Å². The number of nitrogens with one attached hydrogen (secondary N) is 1. The molecule has 2 aromatic carbocycles. The number of carbonyl (C=O) groups is 1. The zero-order valence-electron chi connectivity index (χ0n) is 16.8. The number of nitrogens with zero attached hydrogens (tertiary/aromatic N) is 2. The second kappa shape index (κ2) is 9.63. The molecule has 0 aliphatic carbocycles. The van der Waals surface area contributed by atoms with Crippen LogP contribution in [0.3, 0.4) is 0 Å². The molecule has 166 valence electrons. The van der Waals surface area contributed by atoms with Crippen LogP contribution in [-0.4, -0.2) is 43.2 Å². The molecular formula is C20H22ClN3O6S. The number of benzene rings is 2. The Hall–Kier alpha value is -2.69. The lowest BCUT2D eigenvalue weighted by Gasteiger charge is -2.26. The number of nitro benzene ring substituents is 1. The quantitative estimate of drug-likeness (QED) is 0.489. The van der Waals surface area contributed by atoms with Crippen molar-refractivity contribution in [1.82, 2.24) is 4.31 Å². The van der Waals surface area contributed by atoms with Crippen LogP contribution in [0.5, 0.6) is 5.75 Å². The van der Waals surface area contributed by atoms with Gasteiger partial charge in [0.15, 0.2) is 12.4 Å². The van der Waals surface area contributed by atoms with Crippen LogP contribution in [0.1, 0.15) is 24.8 Å². The van der Waals surface area contributed by atoms with E-state index >= 15 is 0 Å². The highest BCUT2D eigenvalue weighted by molar-refractivity contribution is 7.89. The summed E-state index contributed by atoms with van der Waals surface area (Å²) >= 11 is 6.13. The summed E-state index contributed by atoms with van der Waals surface area (Å²) in [5.74, 6) is -0.631. The van der Waals surface area contributed by atoms with Gasteiger partial charge in [0.25, 0.3) is 5.91 Å². The molecule has 0 radical (unpaired) electrons. The van der Waals surface area contributed by atoms with Gasteiger partial charge in [0.05, 0.1) is 9.95 Å². The van der Waals surface area contributed by atoms with Crippen LogP contribution < -0.4 is 10.1 Å². The molecule has 0 atom stereocenters. The van der Waals surface area contributed by atoms with Gasteiger partial charge in [-0.25, -0.2) is 8.42 Å². The zero-order chi connectivity index (χ0) is 22.6. The maximum absolute atomic E-state index is 12.9. The summed E-state index contributed by atoms with van der Waals surface area (Å²) < 4.78 is 32.5. The number of nitro groups is 1. The summed E-state index contributed by atoms with van der Waals surface area (Å²) in [4.78, 5) is 22.8. The number of ether oxygens (including phenoxy) is 1. The predicted octanol–water partition coefficient (Wildman–Crippen LogP) is 3.75. The molecule has 9 nitrogen and oxygen atoms in total. The average molecular weight is 468 g/mol. The number of sulfonamides is 1. The predicted molar refractivity (Wildman–Crippen MR) is 116 cm³/mol. The standard InChI is InChI=1S/C20H22ClN3O6S/c1-14-5-8-18(17(11-14)24(26)27)30-13-20(25)22-15-6-7-16(21)19(12-15)31(28,29)23-9-3-2-4-10-23/h5-8,11-12H,2-4,9-10,13H2,1H3,(H,22,25). The van der Waals surface area contributed by atoms with E-state index in [1.54, 1.807) is 13.0 Å². The lowest BCUT2D eigenvalue weighted by atomic mass is 10.2. The summed E-state index contributed by atoms with van der Waals surface area (Å²) in [5, 5.41) is 13.8. The van der Waals surface area contributed by atoms with Gasteiger partial charge in [-0.1, -0.05) is 24.1 Å². The number of rotatable bonds is 7. The molecule has 31 heavy (non-hydrogen) atoms. The SMILES string of the molecule is Cc1ccc(OCC(=O)Nc2ccc(Cl)c(S(=O)(=O)N3CCCCC3)c2)c([N+](=O)[O-])c1. The van der Waals surface area contributed by atoms with Crippen LogP contribution in [0.15, 0.2) is 41.3 Å². The highest BCUT2D eigenvalue weighted by Crippen LogP contribution is 2.30. The molecule has 1 heterocycles. The van der Waals surface area contributed by atoms with E-state index in [-0.39, 0.29) is 27.0 Å². The summed E-state index contributed by atoms with van der Waals surface area (Å²) in [6.07, 6.45) is 2.56. The van der Waals surface area contributed by atoms with E-state index in [2.05, 4.69) is 5.32 Å². The first-order valence-corrected chi connectivity index (χ1v) is 11.5. The minimum Gasteiger partial charge on any atom is -0.477 e. The van der Waals surface area contributed by atoms with Crippen molar-refractivity contribution in [3.63, 3.8) is 0 Å². The van der Waals surface area contributed by atoms with Gasteiger partial charge in [0, 0.05) is 24.8 Å². The van der Waals surface area contributed by atoms with Crippen LogP contribution in [0, 0.1) is 17.0 Å². The normalized spacial score (nSPS) is 14.8. The Balaban J connectivity index is 1.71. The van der Waals surface area contributed by atoms with Crippen LogP contribution >= 0.6 is 11.6 Å². The molecule has 0 spiro atoms. The number of piperidine rings is 1. The average Bonchev–Trinajstić information content (AvgIpc) is 2.74. The topological polar surface area (TPSA) is 119 Å². The van der Waals surface area contributed by atoms with Crippen molar-refractivity contribution >= 4 is 38.9 Å². The van der Waals surface area contributed by atoms with Crippen molar-refractivity contribution in [2.45, 2.75) is 31.1 Å². The second-order valence-electron chi connectivity index (χ2n) is 7.18. The molecule has 1 saturated heterocycles. The molecule has 1 aliphatic rings. The van der Waals surface area contributed by atoms with Gasteiger partial charge in [0.1, 0.15) is 4.90 Å². The van der Waals surface area contributed by atoms with Crippen molar-refractivity contribution in [3.05, 3.63) is 57.1 Å². The lowest BCUT2D eigenvalue weighted by molar-refractivity contribution is -0.385. The Morgan fingerprint density at radius 1 is 1.19 bits per heavy atom. The molecule has 0 bridgehead atoms. The molecule has 1 amide bonds. The molecule has 0 saturated carbocycles. The van der Waals surface area contributed by atoms with Crippen molar-refractivity contribution < 1.29 is 22.9 Å². The number of aryl methyl sites for hydroxylation is 1. The van der Waals surface area contributed by atoms with Crippen molar-refractivity contribution in [2.75, 3.05) is 25.0 Å². The van der Waals surface area contributed by atoms with Gasteiger partial charge in [0.2, 0.25) is 10.0 Å².